The Morgan fingerprint density at radius 3 is 1.29 bits per heavy atom. The number of carbonyl (C=O) groups excluding carboxylic acids is 1. The first-order valence-corrected chi connectivity index (χ1v) is 7.93. The van der Waals surface area contributed by atoms with Crippen molar-refractivity contribution >= 4 is 23.5 Å². The van der Waals surface area contributed by atoms with Gasteiger partial charge in [0.1, 0.15) is 0 Å². The molecule has 0 spiro atoms. The summed E-state index contributed by atoms with van der Waals surface area (Å²) in [6, 6.07) is 0.916. The third kappa shape index (κ3) is 3.96. The molecule has 1 N–H and O–H groups in total. The third-order valence-electron chi connectivity index (χ3n) is 3.80. The lowest BCUT2D eigenvalue weighted by Crippen LogP contribution is -2.75. The van der Waals surface area contributed by atoms with Crippen molar-refractivity contribution in [2.75, 3.05) is 5.32 Å². The molecule has 196 valence electrons. The minimum Gasteiger partial charge on any atom is -0.289 e. The summed E-state index contributed by atoms with van der Waals surface area (Å²) in [4.78, 5) is 17.0. The second-order valence-electron chi connectivity index (χ2n) is 6.05. The number of halogens is 17. The predicted molar refractivity (Wildman–Crippen MR) is 76.1 cm³/mol. The van der Waals surface area contributed by atoms with Crippen LogP contribution in [0, 0.1) is 0 Å². The number of alkyl halides is 17. The van der Waals surface area contributed by atoms with Gasteiger partial charge in [0, 0.05) is 12.4 Å². The van der Waals surface area contributed by atoms with E-state index in [0.29, 0.717) is 17.7 Å². The Morgan fingerprint density at radius 1 is 0.618 bits per heavy atom. The largest absolute Gasteiger partial charge is 0.393 e. The highest BCUT2D eigenvalue weighted by molar-refractivity contribution is 6.22. The Hall–Kier alpha value is -2.28. The van der Waals surface area contributed by atoms with Crippen LogP contribution in [0.15, 0.2) is 18.5 Å². The molecule has 0 saturated carbocycles. The van der Waals surface area contributed by atoms with Gasteiger partial charge in [0.2, 0.25) is 5.95 Å². The highest BCUT2D eigenvalue weighted by atomic mass is 35.5. The molecule has 4 nitrogen and oxygen atoms in total. The van der Waals surface area contributed by atoms with Crippen molar-refractivity contribution in [3.8, 4) is 0 Å². The number of carbonyl (C=O) groups is 1. The van der Waals surface area contributed by atoms with E-state index in [9.17, 15) is 75.0 Å². The summed E-state index contributed by atoms with van der Waals surface area (Å²) in [6.07, 6.45) is 1.24. The first kappa shape index (κ1) is 29.8. The number of aromatic nitrogens is 2. The molecule has 1 rings (SSSR count). The normalized spacial score (nSPS) is 15.3. The zero-order chi connectivity index (χ0) is 27.4. The summed E-state index contributed by atoms with van der Waals surface area (Å²) in [6.45, 7) is 0. The molecule has 0 aliphatic rings. The number of hydrogen-bond acceptors (Lipinski definition) is 3. The van der Waals surface area contributed by atoms with Crippen molar-refractivity contribution in [3.63, 3.8) is 0 Å². The van der Waals surface area contributed by atoms with Gasteiger partial charge in [-0.05, 0) is 17.7 Å². The standard InChI is InChI=1S/C13H4ClF16N3O/c14-13(29,30)12(27,28)11(25,26)10(23,24)9(21,22)8(19,20)7(17,18)6(15,16)4(34)33-5-31-2-1-3-32-5/h1-3H,(H,31,32,33,34). The number of anilines is 1. The molecule has 1 amide bonds. The zero-order valence-electron chi connectivity index (χ0n) is 15.0. The third-order valence-corrected chi connectivity index (χ3v) is 4.04. The van der Waals surface area contributed by atoms with Crippen molar-refractivity contribution in [2.45, 2.75) is 46.8 Å². The van der Waals surface area contributed by atoms with Crippen LogP contribution in [0.2, 0.25) is 0 Å². The quantitative estimate of drug-likeness (QED) is 0.313. The van der Waals surface area contributed by atoms with Crippen LogP contribution in [0.4, 0.5) is 76.2 Å². The van der Waals surface area contributed by atoms with Gasteiger partial charge in [-0.1, -0.05) is 0 Å². The zero-order valence-corrected chi connectivity index (χ0v) is 15.7. The lowest BCUT2D eigenvalue weighted by Gasteiger charge is -2.42. The van der Waals surface area contributed by atoms with E-state index in [4.69, 9.17) is 0 Å². The second-order valence-corrected chi connectivity index (χ2v) is 6.52. The molecule has 0 radical (unpaired) electrons. The first-order chi connectivity index (χ1) is 14.7. The molecule has 0 saturated heterocycles. The topological polar surface area (TPSA) is 54.9 Å². The van der Waals surface area contributed by atoms with Gasteiger partial charge in [-0.15, -0.1) is 0 Å². The molecule has 0 aliphatic carbocycles. The Kier molecular flexibility index (Phi) is 7.13. The van der Waals surface area contributed by atoms with Gasteiger partial charge in [-0.25, -0.2) is 9.97 Å². The highest BCUT2D eigenvalue weighted by Crippen LogP contribution is 2.64. The smallest absolute Gasteiger partial charge is 0.289 e. The van der Waals surface area contributed by atoms with Crippen LogP contribution in [0.25, 0.3) is 0 Å². The summed E-state index contributed by atoms with van der Waals surface area (Å²) in [5.41, 5.74) is 0. The molecule has 1 aromatic heterocycles. The fourth-order valence-electron chi connectivity index (χ4n) is 1.85. The van der Waals surface area contributed by atoms with E-state index in [1.54, 1.807) is 0 Å². The molecule has 0 unspecified atom stereocenters. The molecular formula is C13H4ClF16N3O. The van der Waals surface area contributed by atoms with E-state index < -0.39 is 58.7 Å². The van der Waals surface area contributed by atoms with Gasteiger partial charge < -0.3 is 0 Å². The van der Waals surface area contributed by atoms with E-state index in [1.165, 1.54) is 0 Å². The van der Waals surface area contributed by atoms with E-state index >= 15 is 0 Å². The maximum Gasteiger partial charge on any atom is 0.393 e. The highest BCUT2D eigenvalue weighted by Gasteiger charge is 2.95. The number of amides is 1. The molecule has 34 heavy (non-hydrogen) atoms. The second kappa shape index (κ2) is 8.14. The average Bonchev–Trinajstić information content (AvgIpc) is 2.66. The van der Waals surface area contributed by atoms with Gasteiger partial charge in [0.15, 0.2) is 0 Å². The van der Waals surface area contributed by atoms with Gasteiger partial charge in [-0.2, -0.15) is 70.2 Å². The summed E-state index contributed by atoms with van der Waals surface area (Å²) >= 11 is 3.40. The molecule has 0 fully saturated rings. The van der Waals surface area contributed by atoms with E-state index in [1.807, 2.05) is 0 Å². The average molecular weight is 558 g/mol. The van der Waals surface area contributed by atoms with Crippen LogP contribution in [0.3, 0.4) is 0 Å². The monoisotopic (exact) mass is 557 g/mol. The van der Waals surface area contributed by atoms with Gasteiger partial charge in [0.05, 0.1) is 0 Å². The summed E-state index contributed by atoms with van der Waals surface area (Å²) in [7, 11) is 0. The molecule has 0 bridgehead atoms. The van der Waals surface area contributed by atoms with Crippen LogP contribution in [-0.4, -0.2) is 62.7 Å². The lowest BCUT2D eigenvalue weighted by atomic mass is 9.89. The van der Waals surface area contributed by atoms with Crippen LogP contribution in [0.1, 0.15) is 0 Å². The number of hydrogen-bond donors (Lipinski definition) is 1. The molecule has 1 heterocycles. The van der Waals surface area contributed by atoms with Crippen molar-refractivity contribution in [1.82, 2.24) is 9.97 Å². The Bertz CT molecular complexity index is 901. The molecular weight excluding hydrogens is 554 g/mol. The number of rotatable bonds is 9. The van der Waals surface area contributed by atoms with E-state index in [-0.39, 0.29) is 0 Å². The van der Waals surface area contributed by atoms with Crippen LogP contribution >= 0.6 is 11.6 Å². The molecule has 0 aliphatic heterocycles. The molecule has 21 heteroatoms. The SMILES string of the molecule is O=C(Nc1ncccn1)C(F)(F)C(F)(F)C(F)(F)C(F)(F)C(F)(F)C(F)(F)C(F)(F)C(F)(F)Cl. The number of nitrogens with one attached hydrogen (secondary N) is 1. The maximum absolute atomic E-state index is 13.7. The van der Waals surface area contributed by atoms with E-state index in [0.717, 1.165) is 6.07 Å². The fraction of sp³-hybridized carbons (Fsp3) is 0.615. The van der Waals surface area contributed by atoms with Crippen LogP contribution in [-0.2, 0) is 4.79 Å². The molecule has 0 aromatic carbocycles. The van der Waals surface area contributed by atoms with Crippen molar-refractivity contribution < 1.29 is 75.0 Å². The Morgan fingerprint density at radius 2 is 0.941 bits per heavy atom. The predicted octanol–water partition coefficient (Wildman–Crippen LogP) is 5.69. The summed E-state index contributed by atoms with van der Waals surface area (Å²) in [5.74, 6) is -62.2. The maximum atomic E-state index is 13.7. The summed E-state index contributed by atoms with van der Waals surface area (Å²) in [5, 5.41) is -6.28. The van der Waals surface area contributed by atoms with Gasteiger partial charge in [-0.3, -0.25) is 10.1 Å². The minimum atomic E-state index is -8.65. The van der Waals surface area contributed by atoms with Crippen LogP contribution in [0.5, 0.6) is 0 Å². The number of nitrogens with zero attached hydrogens (tertiary/aromatic N) is 2. The van der Waals surface area contributed by atoms with Crippen LogP contribution < -0.4 is 5.32 Å². The van der Waals surface area contributed by atoms with Gasteiger partial charge >= 0.3 is 52.7 Å². The first-order valence-electron chi connectivity index (χ1n) is 7.55. The van der Waals surface area contributed by atoms with Gasteiger partial charge in [0.25, 0.3) is 0 Å². The Labute approximate surface area is 180 Å². The minimum absolute atomic E-state index is 0.583. The summed E-state index contributed by atoms with van der Waals surface area (Å²) < 4.78 is 213. The lowest BCUT2D eigenvalue weighted by molar-refractivity contribution is -0.445. The van der Waals surface area contributed by atoms with Crippen molar-refractivity contribution in [2.24, 2.45) is 0 Å². The van der Waals surface area contributed by atoms with Crippen molar-refractivity contribution in [1.29, 1.82) is 0 Å². The van der Waals surface area contributed by atoms with E-state index in [2.05, 4.69) is 21.6 Å². The van der Waals surface area contributed by atoms with Crippen molar-refractivity contribution in [3.05, 3.63) is 18.5 Å². The molecule has 1 aromatic rings. The molecule has 0 atom stereocenters. The fourth-order valence-corrected chi connectivity index (χ4v) is 1.97. The Balaban J connectivity index is 3.57.